The van der Waals surface area contributed by atoms with Crippen molar-refractivity contribution in [2.24, 2.45) is 5.73 Å². The molecule has 1 unspecified atom stereocenters. The van der Waals surface area contributed by atoms with E-state index in [2.05, 4.69) is 10.1 Å². The normalized spacial score (nSPS) is 23.7. The molecule has 1 atom stereocenters. The van der Waals surface area contributed by atoms with Crippen LogP contribution in [0.5, 0.6) is 0 Å². The Morgan fingerprint density at radius 2 is 2.31 bits per heavy atom. The highest BCUT2D eigenvalue weighted by molar-refractivity contribution is 7.91. The van der Waals surface area contributed by atoms with Crippen LogP contribution in [-0.2, 0) is 16.3 Å². The SMILES string of the molecule is NCCCc1noc(C2CCS(=O)(=O)C2)n1. The summed E-state index contributed by atoms with van der Waals surface area (Å²) in [6.07, 6.45) is 2.07. The van der Waals surface area contributed by atoms with E-state index >= 15 is 0 Å². The first kappa shape index (κ1) is 11.5. The lowest BCUT2D eigenvalue weighted by Crippen LogP contribution is -2.04. The molecule has 1 aromatic rings. The third-order valence-corrected chi connectivity index (χ3v) is 4.44. The largest absolute Gasteiger partial charge is 0.339 e. The molecule has 0 aromatic carbocycles. The van der Waals surface area contributed by atoms with Crippen LogP contribution in [0.2, 0.25) is 0 Å². The van der Waals surface area contributed by atoms with E-state index < -0.39 is 9.84 Å². The molecule has 90 valence electrons. The van der Waals surface area contributed by atoms with E-state index in [0.717, 1.165) is 6.42 Å². The van der Waals surface area contributed by atoms with Crippen molar-refractivity contribution in [2.45, 2.75) is 25.2 Å². The Balaban J connectivity index is 2.02. The van der Waals surface area contributed by atoms with Crippen LogP contribution in [0, 0.1) is 0 Å². The van der Waals surface area contributed by atoms with Gasteiger partial charge in [0.15, 0.2) is 15.7 Å². The van der Waals surface area contributed by atoms with Crippen LogP contribution in [0.15, 0.2) is 4.52 Å². The number of nitrogens with zero attached hydrogens (tertiary/aromatic N) is 2. The van der Waals surface area contributed by atoms with Gasteiger partial charge in [-0.05, 0) is 19.4 Å². The molecule has 0 spiro atoms. The molecule has 1 saturated heterocycles. The summed E-state index contributed by atoms with van der Waals surface area (Å²) >= 11 is 0. The van der Waals surface area contributed by atoms with E-state index in [4.69, 9.17) is 10.3 Å². The van der Waals surface area contributed by atoms with Gasteiger partial charge >= 0.3 is 0 Å². The summed E-state index contributed by atoms with van der Waals surface area (Å²) in [4.78, 5) is 4.20. The molecule has 0 radical (unpaired) electrons. The van der Waals surface area contributed by atoms with Crippen molar-refractivity contribution in [3.05, 3.63) is 11.7 Å². The standard InChI is InChI=1S/C9H15N3O3S/c10-4-1-2-8-11-9(15-12-8)7-3-5-16(13,14)6-7/h7H,1-6,10H2. The second-order valence-corrected chi connectivity index (χ2v) is 6.27. The van der Waals surface area contributed by atoms with Gasteiger partial charge in [-0.1, -0.05) is 5.16 Å². The van der Waals surface area contributed by atoms with Gasteiger partial charge in [-0.15, -0.1) is 0 Å². The van der Waals surface area contributed by atoms with Crippen molar-refractivity contribution >= 4 is 9.84 Å². The van der Waals surface area contributed by atoms with Crippen LogP contribution in [0.3, 0.4) is 0 Å². The minimum Gasteiger partial charge on any atom is -0.339 e. The molecule has 1 aromatic heterocycles. The van der Waals surface area contributed by atoms with E-state index in [-0.39, 0.29) is 17.4 Å². The van der Waals surface area contributed by atoms with Gasteiger partial charge in [0.2, 0.25) is 5.89 Å². The van der Waals surface area contributed by atoms with Crippen LogP contribution in [0.4, 0.5) is 0 Å². The third kappa shape index (κ3) is 2.59. The number of hydrogen-bond acceptors (Lipinski definition) is 6. The quantitative estimate of drug-likeness (QED) is 0.792. The van der Waals surface area contributed by atoms with Gasteiger partial charge in [-0.25, -0.2) is 8.42 Å². The average molecular weight is 245 g/mol. The number of hydrogen-bond donors (Lipinski definition) is 1. The Morgan fingerprint density at radius 3 is 2.94 bits per heavy atom. The van der Waals surface area contributed by atoms with Crippen molar-refractivity contribution in [1.29, 1.82) is 0 Å². The molecule has 0 bridgehead atoms. The van der Waals surface area contributed by atoms with Gasteiger partial charge in [-0.2, -0.15) is 4.98 Å². The Labute approximate surface area is 94.1 Å². The summed E-state index contributed by atoms with van der Waals surface area (Å²) in [7, 11) is -2.90. The van der Waals surface area contributed by atoms with Crippen molar-refractivity contribution in [3.63, 3.8) is 0 Å². The zero-order valence-corrected chi connectivity index (χ0v) is 9.74. The Kier molecular flexibility index (Phi) is 3.25. The summed E-state index contributed by atoms with van der Waals surface area (Å²) in [6.45, 7) is 0.585. The van der Waals surface area contributed by atoms with Crippen LogP contribution in [-0.4, -0.2) is 36.6 Å². The van der Waals surface area contributed by atoms with E-state index in [1.807, 2.05) is 0 Å². The van der Waals surface area contributed by atoms with Crippen molar-refractivity contribution in [3.8, 4) is 0 Å². The lowest BCUT2D eigenvalue weighted by molar-refractivity contribution is 0.356. The molecule has 2 heterocycles. The van der Waals surface area contributed by atoms with Crippen LogP contribution in [0.1, 0.15) is 30.5 Å². The third-order valence-electron chi connectivity index (χ3n) is 2.67. The molecule has 0 amide bonds. The molecule has 1 aliphatic heterocycles. The first-order chi connectivity index (χ1) is 7.61. The zero-order chi connectivity index (χ0) is 11.6. The van der Waals surface area contributed by atoms with Crippen molar-refractivity contribution in [2.75, 3.05) is 18.1 Å². The maximum atomic E-state index is 11.3. The minimum atomic E-state index is -2.90. The highest BCUT2D eigenvalue weighted by atomic mass is 32.2. The summed E-state index contributed by atoms with van der Waals surface area (Å²) in [5.41, 5.74) is 5.38. The number of nitrogens with two attached hydrogens (primary N) is 1. The van der Waals surface area contributed by atoms with Crippen molar-refractivity contribution < 1.29 is 12.9 Å². The molecule has 0 saturated carbocycles. The van der Waals surface area contributed by atoms with Crippen LogP contribution in [0.25, 0.3) is 0 Å². The number of aromatic nitrogens is 2. The fourth-order valence-electron chi connectivity index (χ4n) is 1.78. The first-order valence-electron chi connectivity index (χ1n) is 5.34. The Bertz CT molecular complexity index is 454. The molecular formula is C9H15N3O3S. The predicted octanol–water partition coefficient (Wildman–Crippen LogP) is -0.137. The fourth-order valence-corrected chi connectivity index (χ4v) is 3.52. The molecule has 7 heteroatoms. The molecule has 0 aliphatic carbocycles. The summed E-state index contributed by atoms with van der Waals surface area (Å²) in [6, 6.07) is 0. The predicted molar refractivity (Wildman–Crippen MR) is 57.7 cm³/mol. The van der Waals surface area contributed by atoms with E-state index in [0.29, 0.717) is 31.1 Å². The highest BCUT2D eigenvalue weighted by Gasteiger charge is 2.32. The second-order valence-electron chi connectivity index (χ2n) is 4.04. The van der Waals surface area contributed by atoms with Crippen LogP contribution >= 0.6 is 0 Å². The minimum absolute atomic E-state index is 0.121. The van der Waals surface area contributed by atoms with Crippen molar-refractivity contribution in [1.82, 2.24) is 10.1 Å². The monoisotopic (exact) mass is 245 g/mol. The van der Waals surface area contributed by atoms with E-state index in [9.17, 15) is 8.42 Å². The smallest absolute Gasteiger partial charge is 0.230 e. The summed E-state index contributed by atoms with van der Waals surface area (Å²) in [5.74, 6) is 1.30. The van der Waals surface area contributed by atoms with Gasteiger partial charge in [0.25, 0.3) is 0 Å². The fraction of sp³-hybridized carbons (Fsp3) is 0.778. The van der Waals surface area contributed by atoms with Gasteiger partial charge in [0, 0.05) is 6.42 Å². The Hall–Kier alpha value is -0.950. The molecule has 16 heavy (non-hydrogen) atoms. The zero-order valence-electron chi connectivity index (χ0n) is 8.92. The molecule has 1 fully saturated rings. The second kappa shape index (κ2) is 4.50. The number of rotatable bonds is 4. The van der Waals surface area contributed by atoms with Gasteiger partial charge in [-0.3, -0.25) is 0 Å². The lowest BCUT2D eigenvalue weighted by atomic mass is 10.1. The van der Waals surface area contributed by atoms with Gasteiger partial charge in [0.1, 0.15) is 0 Å². The Morgan fingerprint density at radius 1 is 1.50 bits per heavy atom. The van der Waals surface area contributed by atoms with E-state index in [1.54, 1.807) is 0 Å². The highest BCUT2D eigenvalue weighted by Crippen LogP contribution is 2.27. The molecule has 6 nitrogen and oxygen atoms in total. The maximum absolute atomic E-state index is 11.3. The van der Waals surface area contributed by atoms with E-state index in [1.165, 1.54) is 0 Å². The lowest BCUT2D eigenvalue weighted by Gasteiger charge is -1.97. The molecular weight excluding hydrogens is 230 g/mol. The van der Waals surface area contributed by atoms with Gasteiger partial charge in [0.05, 0.1) is 17.4 Å². The number of aryl methyl sites for hydroxylation is 1. The first-order valence-corrected chi connectivity index (χ1v) is 7.16. The summed E-state index contributed by atoms with van der Waals surface area (Å²) in [5, 5.41) is 3.81. The summed E-state index contributed by atoms with van der Waals surface area (Å²) < 4.78 is 27.6. The molecule has 2 N–H and O–H groups in total. The van der Waals surface area contributed by atoms with Gasteiger partial charge < -0.3 is 10.3 Å². The number of sulfone groups is 1. The molecule has 2 rings (SSSR count). The maximum Gasteiger partial charge on any atom is 0.230 e. The average Bonchev–Trinajstić information content (AvgIpc) is 2.81. The topological polar surface area (TPSA) is 99.1 Å². The van der Waals surface area contributed by atoms with Crippen LogP contribution < -0.4 is 5.73 Å². The molecule has 1 aliphatic rings.